The molecule has 13 heavy (non-hydrogen) atoms. The van der Waals surface area contributed by atoms with Crippen LogP contribution in [-0.2, 0) is 0 Å². The summed E-state index contributed by atoms with van der Waals surface area (Å²) in [7, 11) is 0. The Balaban J connectivity index is 2.66. The van der Waals surface area contributed by atoms with Crippen LogP contribution in [-0.4, -0.2) is 57.4 Å². The maximum atomic E-state index is 9.47. The molecule has 5 N–H and O–H groups in total. The molecule has 1 saturated heterocycles. The third-order valence-corrected chi connectivity index (χ3v) is 2.59. The summed E-state index contributed by atoms with van der Waals surface area (Å²) in [6.07, 6.45) is -2.62. The molecule has 1 aliphatic rings. The molecule has 0 spiro atoms. The highest BCUT2D eigenvalue weighted by atomic mass is 16.4. The largest absolute Gasteiger partial charge is 0.395 e. The Morgan fingerprint density at radius 2 is 1.54 bits per heavy atom. The van der Waals surface area contributed by atoms with Crippen molar-refractivity contribution in [3.63, 3.8) is 0 Å². The van der Waals surface area contributed by atoms with E-state index in [9.17, 15) is 15.3 Å². The predicted molar refractivity (Wildman–Crippen MR) is 46.1 cm³/mol. The molecule has 0 amide bonds. The fourth-order valence-corrected chi connectivity index (χ4v) is 1.67. The van der Waals surface area contributed by atoms with Gasteiger partial charge in [-0.05, 0) is 6.42 Å². The Labute approximate surface area is 77.0 Å². The lowest BCUT2D eigenvalue weighted by Gasteiger charge is -2.40. The van der Waals surface area contributed by atoms with Gasteiger partial charge in [-0.2, -0.15) is 0 Å². The van der Waals surface area contributed by atoms with Crippen molar-refractivity contribution in [2.45, 2.75) is 43.7 Å². The minimum atomic E-state index is -1.18. The van der Waals surface area contributed by atoms with Crippen molar-refractivity contribution >= 4 is 0 Å². The number of hydrogen-bond acceptors (Lipinski definition) is 5. The topological polar surface area (TPSA) is 93.0 Å². The number of nitrogens with one attached hydrogen (secondary N) is 1. The van der Waals surface area contributed by atoms with Crippen molar-refractivity contribution in [3.8, 4) is 0 Å². The van der Waals surface area contributed by atoms with Crippen molar-refractivity contribution in [1.29, 1.82) is 0 Å². The summed E-state index contributed by atoms with van der Waals surface area (Å²) in [6.45, 7) is 1.61. The van der Waals surface area contributed by atoms with Gasteiger partial charge in [-0.25, -0.2) is 0 Å². The highest BCUT2D eigenvalue weighted by Gasteiger charge is 2.40. The van der Waals surface area contributed by atoms with Crippen molar-refractivity contribution in [2.75, 3.05) is 6.61 Å². The highest BCUT2D eigenvalue weighted by Crippen LogP contribution is 2.16. The Bertz CT molecular complexity index is 146. The zero-order valence-corrected chi connectivity index (χ0v) is 7.59. The van der Waals surface area contributed by atoms with Crippen molar-refractivity contribution in [2.24, 2.45) is 0 Å². The Morgan fingerprint density at radius 1 is 1.00 bits per heavy atom. The van der Waals surface area contributed by atoms with Crippen molar-refractivity contribution < 1.29 is 20.4 Å². The van der Waals surface area contributed by atoms with Gasteiger partial charge in [-0.15, -0.1) is 0 Å². The number of piperidine rings is 1. The molecule has 1 rings (SSSR count). The van der Waals surface area contributed by atoms with E-state index in [1.54, 1.807) is 0 Å². The van der Waals surface area contributed by atoms with Crippen LogP contribution < -0.4 is 5.32 Å². The van der Waals surface area contributed by atoms with E-state index < -0.39 is 24.4 Å². The predicted octanol–water partition coefficient (Wildman–Crippen LogP) is -2.19. The van der Waals surface area contributed by atoms with Crippen LogP contribution in [0, 0.1) is 0 Å². The third kappa shape index (κ3) is 2.00. The molecule has 0 bridgehead atoms. The van der Waals surface area contributed by atoms with Crippen LogP contribution in [0.3, 0.4) is 0 Å². The van der Waals surface area contributed by atoms with Gasteiger partial charge in [0.05, 0.1) is 24.9 Å². The molecule has 0 aliphatic carbocycles. The van der Waals surface area contributed by atoms with E-state index in [0.29, 0.717) is 6.42 Å². The second-order valence-electron chi connectivity index (χ2n) is 3.44. The molecule has 1 fully saturated rings. The summed E-state index contributed by atoms with van der Waals surface area (Å²) in [6, 6.07) is -0.820. The first kappa shape index (κ1) is 10.9. The maximum Gasteiger partial charge on any atom is 0.109 e. The lowest BCUT2D eigenvalue weighted by atomic mass is 9.89. The third-order valence-electron chi connectivity index (χ3n) is 2.59. The summed E-state index contributed by atoms with van der Waals surface area (Å²) in [5.41, 5.74) is 0. The van der Waals surface area contributed by atoms with Gasteiger partial charge in [-0.1, -0.05) is 6.92 Å². The van der Waals surface area contributed by atoms with Crippen LogP contribution in [0.25, 0.3) is 0 Å². The van der Waals surface area contributed by atoms with Gasteiger partial charge in [0.1, 0.15) is 6.10 Å². The first-order valence-electron chi connectivity index (χ1n) is 4.53. The summed E-state index contributed by atoms with van der Waals surface area (Å²) >= 11 is 0. The van der Waals surface area contributed by atoms with Crippen LogP contribution in [0.5, 0.6) is 0 Å². The normalized spacial score (nSPS) is 46.4. The van der Waals surface area contributed by atoms with Gasteiger partial charge in [-0.3, -0.25) is 0 Å². The van der Waals surface area contributed by atoms with E-state index in [2.05, 4.69) is 5.32 Å². The van der Waals surface area contributed by atoms with Gasteiger partial charge in [0, 0.05) is 6.04 Å². The van der Waals surface area contributed by atoms with E-state index >= 15 is 0 Å². The van der Waals surface area contributed by atoms with Gasteiger partial charge in [0.15, 0.2) is 0 Å². The molecule has 0 aromatic heterocycles. The molecule has 5 atom stereocenters. The average Bonchev–Trinajstić information content (AvgIpc) is 2.15. The van der Waals surface area contributed by atoms with E-state index in [0.717, 1.165) is 0 Å². The van der Waals surface area contributed by atoms with E-state index in [-0.39, 0.29) is 12.6 Å². The zero-order valence-electron chi connectivity index (χ0n) is 7.59. The standard InChI is InChI=1S/C8H17NO4/c1-2-4-6(11)8(13)7(12)5(3-10)9-4/h4-13H,2-3H2,1H3/t4-,5-,6-,7-,8-/m1/s1. The van der Waals surface area contributed by atoms with Crippen LogP contribution in [0.1, 0.15) is 13.3 Å². The molecule has 0 saturated carbocycles. The number of rotatable bonds is 2. The second-order valence-corrected chi connectivity index (χ2v) is 3.44. The lowest BCUT2D eigenvalue weighted by Crippen LogP contribution is -2.65. The Hall–Kier alpha value is -0.200. The summed E-state index contributed by atoms with van der Waals surface area (Å²) in [5.74, 6) is 0. The Kier molecular flexibility index (Phi) is 3.63. The number of hydrogen-bond donors (Lipinski definition) is 5. The molecule has 78 valence electrons. The van der Waals surface area contributed by atoms with Crippen LogP contribution in [0.4, 0.5) is 0 Å². The molecular weight excluding hydrogens is 174 g/mol. The molecule has 0 unspecified atom stereocenters. The molecule has 1 heterocycles. The molecule has 0 aromatic rings. The van der Waals surface area contributed by atoms with Crippen LogP contribution >= 0.6 is 0 Å². The van der Waals surface area contributed by atoms with Gasteiger partial charge >= 0.3 is 0 Å². The maximum absolute atomic E-state index is 9.47. The molecule has 0 radical (unpaired) electrons. The Morgan fingerprint density at radius 3 is 2.00 bits per heavy atom. The van der Waals surface area contributed by atoms with E-state index in [1.807, 2.05) is 6.92 Å². The van der Waals surface area contributed by atoms with Crippen LogP contribution in [0.2, 0.25) is 0 Å². The lowest BCUT2D eigenvalue weighted by molar-refractivity contribution is -0.119. The fraction of sp³-hybridized carbons (Fsp3) is 1.00. The average molecular weight is 191 g/mol. The molecule has 0 aromatic carbocycles. The minimum Gasteiger partial charge on any atom is -0.395 e. The van der Waals surface area contributed by atoms with E-state index in [4.69, 9.17) is 5.11 Å². The monoisotopic (exact) mass is 191 g/mol. The first-order chi connectivity index (χ1) is 6.11. The second kappa shape index (κ2) is 4.34. The zero-order chi connectivity index (χ0) is 10.0. The summed E-state index contributed by atoms with van der Waals surface area (Å²) < 4.78 is 0. The minimum absolute atomic E-state index is 0.249. The van der Waals surface area contributed by atoms with Gasteiger partial charge in [0.2, 0.25) is 0 Å². The van der Waals surface area contributed by atoms with Gasteiger partial charge < -0.3 is 25.7 Å². The van der Waals surface area contributed by atoms with E-state index in [1.165, 1.54) is 0 Å². The first-order valence-corrected chi connectivity index (χ1v) is 4.53. The number of aliphatic hydroxyl groups is 4. The number of aliphatic hydroxyl groups excluding tert-OH is 4. The molecule has 1 aliphatic heterocycles. The SMILES string of the molecule is CC[C@H]1N[C@H](CO)[C@@H](O)[C@H](O)[C@@H]1O. The van der Waals surface area contributed by atoms with Crippen molar-refractivity contribution in [1.82, 2.24) is 5.32 Å². The molecular formula is C8H17NO4. The van der Waals surface area contributed by atoms with Crippen molar-refractivity contribution in [3.05, 3.63) is 0 Å². The summed E-state index contributed by atoms with van der Waals surface area (Å²) in [4.78, 5) is 0. The van der Waals surface area contributed by atoms with Crippen LogP contribution in [0.15, 0.2) is 0 Å². The van der Waals surface area contributed by atoms with Gasteiger partial charge in [0.25, 0.3) is 0 Å². The molecule has 5 heteroatoms. The molecule has 5 nitrogen and oxygen atoms in total. The highest BCUT2D eigenvalue weighted by molar-refractivity contribution is 4.97. The quantitative estimate of drug-likeness (QED) is 0.342. The fourth-order valence-electron chi connectivity index (χ4n) is 1.67. The smallest absolute Gasteiger partial charge is 0.109 e. The summed E-state index contributed by atoms with van der Waals surface area (Å²) in [5, 5.41) is 40.0.